The summed E-state index contributed by atoms with van der Waals surface area (Å²) in [6.07, 6.45) is 3.33. The van der Waals surface area contributed by atoms with E-state index in [-0.39, 0.29) is 6.10 Å². The Balaban J connectivity index is 1.55. The fraction of sp³-hybridized carbons (Fsp3) is 0.316. The zero-order valence-electron chi connectivity index (χ0n) is 14.8. The number of oxime groups is 1. The van der Waals surface area contributed by atoms with Gasteiger partial charge in [0.25, 0.3) is 0 Å². The molecular weight excluding hydrogens is 351 g/mol. The van der Waals surface area contributed by atoms with E-state index in [1.165, 1.54) is 11.0 Å². The Kier molecular flexibility index (Phi) is 4.62. The van der Waals surface area contributed by atoms with Gasteiger partial charge in [-0.1, -0.05) is 12.1 Å². The molecule has 0 saturated carbocycles. The molecule has 0 spiro atoms. The number of hydrogen-bond acceptors (Lipinski definition) is 6. The van der Waals surface area contributed by atoms with E-state index in [1.54, 1.807) is 30.7 Å². The second kappa shape index (κ2) is 7.22. The first-order valence-electron chi connectivity index (χ1n) is 8.82. The number of carbonyl (C=O) groups is 1. The molecule has 2 aliphatic heterocycles. The summed E-state index contributed by atoms with van der Waals surface area (Å²) in [7, 11) is 0. The third kappa shape index (κ3) is 3.42. The number of carbonyl (C=O) groups excluding carboxylic acids is 1. The molecule has 2 aromatic rings. The molecule has 1 fully saturated rings. The maximum Gasteiger partial charge on any atom is 0.414 e. The molecule has 0 radical (unpaired) electrons. The van der Waals surface area contributed by atoms with Crippen LogP contribution in [0.1, 0.15) is 13.3 Å². The molecule has 1 atom stereocenters. The molecule has 0 aliphatic carbocycles. The van der Waals surface area contributed by atoms with Gasteiger partial charge in [-0.25, -0.2) is 14.2 Å². The van der Waals surface area contributed by atoms with Crippen molar-refractivity contribution in [2.45, 2.75) is 19.4 Å². The van der Waals surface area contributed by atoms with Gasteiger partial charge in [-0.3, -0.25) is 4.90 Å². The van der Waals surface area contributed by atoms with Gasteiger partial charge >= 0.3 is 6.09 Å². The summed E-state index contributed by atoms with van der Waals surface area (Å²) in [6, 6.07) is 8.35. The van der Waals surface area contributed by atoms with Gasteiger partial charge in [0, 0.05) is 17.3 Å². The number of amides is 1. The first-order valence-corrected chi connectivity index (χ1v) is 8.82. The van der Waals surface area contributed by atoms with E-state index >= 15 is 0 Å². The summed E-state index contributed by atoms with van der Waals surface area (Å²) in [4.78, 5) is 24.6. The molecular formula is C19H19FN4O3. The summed E-state index contributed by atoms with van der Waals surface area (Å²) in [5.74, 6) is 0.302. The highest BCUT2D eigenvalue weighted by Crippen LogP contribution is 2.29. The number of aromatic nitrogens is 1. The molecule has 7 nitrogen and oxygen atoms in total. The van der Waals surface area contributed by atoms with Crippen molar-refractivity contribution in [1.82, 2.24) is 4.98 Å². The Labute approximate surface area is 156 Å². The van der Waals surface area contributed by atoms with Gasteiger partial charge in [0.2, 0.25) is 0 Å². The maximum atomic E-state index is 14.7. The zero-order valence-corrected chi connectivity index (χ0v) is 14.8. The molecule has 2 aliphatic rings. The quantitative estimate of drug-likeness (QED) is 0.825. The van der Waals surface area contributed by atoms with Gasteiger partial charge in [0.1, 0.15) is 30.7 Å². The van der Waals surface area contributed by atoms with Crippen LogP contribution >= 0.6 is 0 Å². The third-order valence-electron chi connectivity index (χ3n) is 4.63. The van der Waals surface area contributed by atoms with Crippen LogP contribution in [0.15, 0.2) is 41.7 Å². The largest absolute Gasteiger partial charge is 0.444 e. The molecule has 4 rings (SSSR count). The first-order chi connectivity index (χ1) is 13.2. The standard InChI is InChI=1S/C19H19FN4O3/c1-2-15-11-24(19(25)27-15)14-4-5-16(17(20)9-14)13-3-6-18(21-10-13)23-7-8-26-22-12-23/h3-6,9-10,12,15H,2,7-8,11H2,1H3/t15-/m0/s1. The van der Waals surface area contributed by atoms with Gasteiger partial charge in [0.05, 0.1) is 18.8 Å². The van der Waals surface area contributed by atoms with Gasteiger partial charge in [0.15, 0.2) is 0 Å². The van der Waals surface area contributed by atoms with Gasteiger partial charge in [-0.2, -0.15) is 0 Å². The third-order valence-corrected chi connectivity index (χ3v) is 4.63. The Morgan fingerprint density at radius 3 is 2.81 bits per heavy atom. The van der Waals surface area contributed by atoms with Crippen molar-refractivity contribution in [2.24, 2.45) is 5.16 Å². The molecule has 0 unspecified atom stereocenters. The summed E-state index contributed by atoms with van der Waals surface area (Å²) in [5.41, 5.74) is 1.57. The lowest BCUT2D eigenvalue weighted by Gasteiger charge is -2.20. The van der Waals surface area contributed by atoms with Crippen molar-refractivity contribution in [1.29, 1.82) is 0 Å². The minimum atomic E-state index is -0.438. The van der Waals surface area contributed by atoms with E-state index in [0.717, 1.165) is 6.42 Å². The highest BCUT2D eigenvalue weighted by Gasteiger charge is 2.31. The molecule has 140 valence electrons. The molecule has 1 saturated heterocycles. The minimum Gasteiger partial charge on any atom is -0.444 e. The highest BCUT2D eigenvalue weighted by molar-refractivity contribution is 5.90. The van der Waals surface area contributed by atoms with Crippen molar-refractivity contribution in [2.75, 3.05) is 29.5 Å². The summed E-state index contributed by atoms with van der Waals surface area (Å²) in [6.45, 7) is 3.54. The number of hydrogen-bond donors (Lipinski definition) is 0. The fourth-order valence-electron chi connectivity index (χ4n) is 3.08. The lowest BCUT2D eigenvalue weighted by molar-refractivity contribution is 0.139. The van der Waals surface area contributed by atoms with Crippen LogP contribution in [0.2, 0.25) is 0 Å². The molecule has 1 aromatic carbocycles. The van der Waals surface area contributed by atoms with E-state index in [9.17, 15) is 9.18 Å². The van der Waals surface area contributed by atoms with E-state index in [0.29, 0.717) is 42.3 Å². The molecule has 1 aromatic heterocycles. The van der Waals surface area contributed by atoms with Crippen LogP contribution in [0.4, 0.5) is 20.7 Å². The van der Waals surface area contributed by atoms with Crippen LogP contribution in [-0.2, 0) is 9.57 Å². The maximum absolute atomic E-state index is 14.7. The smallest absolute Gasteiger partial charge is 0.414 e. The molecule has 8 heteroatoms. The minimum absolute atomic E-state index is 0.152. The number of cyclic esters (lactones) is 1. The van der Waals surface area contributed by atoms with Crippen LogP contribution in [0.5, 0.6) is 0 Å². The number of anilines is 2. The second-order valence-corrected chi connectivity index (χ2v) is 6.34. The Hall–Kier alpha value is -3.16. The zero-order chi connectivity index (χ0) is 18.8. The van der Waals surface area contributed by atoms with Crippen LogP contribution in [-0.4, -0.2) is 43.2 Å². The molecule has 0 bridgehead atoms. The van der Waals surface area contributed by atoms with E-state index in [4.69, 9.17) is 9.57 Å². The van der Waals surface area contributed by atoms with E-state index < -0.39 is 11.9 Å². The molecule has 3 heterocycles. The average molecular weight is 370 g/mol. The van der Waals surface area contributed by atoms with E-state index in [2.05, 4.69) is 10.1 Å². The Morgan fingerprint density at radius 1 is 1.30 bits per heavy atom. The topological polar surface area (TPSA) is 67.3 Å². The molecule has 27 heavy (non-hydrogen) atoms. The van der Waals surface area contributed by atoms with Crippen molar-refractivity contribution in [3.05, 3.63) is 42.3 Å². The van der Waals surface area contributed by atoms with Gasteiger partial charge < -0.3 is 14.5 Å². The Morgan fingerprint density at radius 2 is 2.19 bits per heavy atom. The van der Waals surface area contributed by atoms with Crippen LogP contribution in [0.25, 0.3) is 11.1 Å². The van der Waals surface area contributed by atoms with Crippen molar-refractivity contribution < 1.29 is 18.8 Å². The number of pyridine rings is 1. The van der Waals surface area contributed by atoms with Gasteiger partial charge in [-0.15, -0.1) is 0 Å². The molecule has 0 N–H and O–H groups in total. The van der Waals surface area contributed by atoms with Crippen molar-refractivity contribution in [3.8, 4) is 11.1 Å². The first kappa shape index (κ1) is 17.3. The lowest BCUT2D eigenvalue weighted by Crippen LogP contribution is -2.29. The van der Waals surface area contributed by atoms with Crippen LogP contribution < -0.4 is 9.80 Å². The fourth-order valence-corrected chi connectivity index (χ4v) is 3.08. The summed E-state index contributed by atoms with van der Waals surface area (Å²) in [5, 5.41) is 3.75. The van der Waals surface area contributed by atoms with E-state index in [1.807, 2.05) is 17.9 Å². The van der Waals surface area contributed by atoms with Gasteiger partial charge in [-0.05, 0) is 36.8 Å². The number of rotatable bonds is 4. The predicted octanol–water partition coefficient (Wildman–Crippen LogP) is 3.40. The lowest BCUT2D eigenvalue weighted by atomic mass is 10.1. The molecule has 1 amide bonds. The normalized spacial score (nSPS) is 19.2. The number of nitrogens with zero attached hydrogens (tertiary/aromatic N) is 4. The predicted molar refractivity (Wildman–Crippen MR) is 99.3 cm³/mol. The Bertz CT molecular complexity index is 872. The highest BCUT2D eigenvalue weighted by atomic mass is 19.1. The average Bonchev–Trinajstić information content (AvgIpc) is 3.10. The monoisotopic (exact) mass is 370 g/mol. The number of ether oxygens (including phenoxy) is 1. The SMILES string of the molecule is CC[C@H]1CN(c2ccc(-c3ccc(N4C=NOCC4)nc3)c(F)c2)C(=O)O1. The second-order valence-electron chi connectivity index (χ2n) is 6.34. The van der Waals surface area contributed by atoms with Crippen LogP contribution in [0.3, 0.4) is 0 Å². The number of benzene rings is 1. The van der Waals surface area contributed by atoms with Crippen molar-refractivity contribution in [3.63, 3.8) is 0 Å². The van der Waals surface area contributed by atoms with Crippen molar-refractivity contribution >= 4 is 23.9 Å². The van der Waals surface area contributed by atoms with Crippen LogP contribution in [0, 0.1) is 5.82 Å². The summed E-state index contributed by atoms with van der Waals surface area (Å²) < 4.78 is 19.9. The number of halogens is 1. The summed E-state index contributed by atoms with van der Waals surface area (Å²) >= 11 is 0.